The van der Waals surface area contributed by atoms with E-state index in [-0.39, 0.29) is 71.5 Å². The third kappa shape index (κ3) is 4.64. The Hall–Kier alpha value is -3.75. The van der Waals surface area contributed by atoms with Gasteiger partial charge >= 0.3 is 0 Å². The predicted octanol–water partition coefficient (Wildman–Crippen LogP) is 3.50. The number of nitrogens with zero attached hydrogens (tertiary/aromatic N) is 3. The number of aromatic nitrogens is 3. The average Bonchev–Trinajstić information content (AvgIpc) is 2.85. The number of methoxy groups -OCH3 is 3. The summed E-state index contributed by atoms with van der Waals surface area (Å²) in [4.78, 5) is 25.0. The summed E-state index contributed by atoms with van der Waals surface area (Å²) in [6, 6.07) is 3.07. The summed E-state index contributed by atoms with van der Waals surface area (Å²) in [5.74, 6) is -0.248. The van der Waals surface area contributed by atoms with Crippen LogP contribution >= 0.6 is 0 Å². The Balaban J connectivity index is 1.69. The van der Waals surface area contributed by atoms with Crippen molar-refractivity contribution in [2.45, 2.75) is 38.7 Å². The second kappa shape index (κ2) is 9.24. The van der Waals surface area contributed by atoms with Crippen LogP contribution in [0.1, 0.15) is 46.4 Å². The van der Waals surface area contributed by atoms with Gasteiger partial charge in [-0.2, -0.15) is 0 Å². The Bertz CT molecular complexity index is 1370. The number of pyridine rings is 1. The van der Waals surface area contributed by atoms with E-state index in [2.05, 4.69) is 15.0 Å². The van der Waals surface area contributed by atoms with Crippen molar-refractivity contribution in [2.75, 3.05) is 21.3 Å². The number of hydrogen-bond acceptors (Lipinski definition) is 8. The number of carbonyl (C=O) groups is 1. The van der Waals surface area contributed by atoms with Crippen LogP contribution in [0.3, 0.4) is 0 Å². The smallest absolute Gasteiger partial charge is 0.203 e. The van der Waals surface area contributed by atoms with E-state index < -0.39 is 17.6 Å². The molecule has 8 nitrogen and oxygen atoms in total. The van der Waals surface area contributed by atoms with E-state index in [1.165, 1.54) is 21.3 Å². The minimum absolute atomic E-state index is 0.0379. The SMILES string of the molecule is [2H]c1nc(Cc2c([2H])c(OC)c(OC)c(OC)c2[2H])nc(Cc2ccc3c(n2)CC(=O)C(C)(C)O3)c1F. The molecule has 1 aliphatic rings. The lowest BCUT2D eigenvalue weighted by Gasteiger charge is -2.30. The summed E-state index contributed by atoms with van der Waals surface area (Å²) in [5.41, 5.74) is 0.0446. The van der Waals surface area contributed by atoms with Gasteiger partial charge in [-0.1, -0.05) is 0 Å². The molecule has 0 aliphatic carbocycles. The van der Waals surface area contributed by atoms with Crippen molar-refractivity contribution in [1.82, 2.24) is 15.0 Å². The fraction of sp³-hybridized carbons (Fsp3) is 0.360. The molecule has 3 aromatic rings. The molecule has 0 atom stereocenters. The molecule has 9 heteroatoms. The molecule has 178 valence electrons. The number of ether oxygens (including phenoxy) is 4. The van der Waals surface area contributed by atoms with Crippen LogP contribution in [0.2, 0.25) is 0 Å². The van der Waals surface area contributed by atoms with Crippen LogP contribution in [0.15, 0.2) is 30.4 Å². The van der Waals surface area contributed by atoms with Crippen molar-refractivity contribution < 1.29 is 32.2 Å². The lowest BCUT2D eigenvalue weighted by atomic mass is 9.95. The average molecular weight is 471 g/mol. The largest absolute Gasteiger partial charge is 0.493 e. The van der Waals surface area contributed by atoms with Crippen LogP contribution in [-0.4, -0.2) is 47.7 Å². The van der Waals surface area contributed by atoms with Gasteiger partial charge in [0.25, 0.3) is 0 Å². The molecule has 1 aliphatic heterocycles. The molecular weight excluding hydrogens is 441 g/mol. The van der Waals surface area contributed by atoms with Crippen molar-refractivity contribution in [3.05, 3.63) is 64.7 Å². The molecule has 0 amide bonds. The topological polar surface area (TPSA) is 92.7 Å². The number of ketones is 1. The molecule has 0 bridgehead atoms. The van der Waals surface area contributed by atoms with Crippen LogP contribution in [-0.2, 0) is 24.1 Å². The number of Topliss-reactive ketones (excluding diaryl/α,β-unsaturated/α-hetero) is 1. The minimum Gasteiger partial charge on any atom is -0.493 e. The van der Waals surface area contributed by atoms with Crippen LogP contribution in [0.25, 0.3) is 0 Å². The molecular formula is C25H26FN3O5. The molecule has 34 heavy (non-hydrogen) atoms. The number of halogens is 1. The van der Waals surface area contributed by atoms with E-state index in [0.717, 1.165) is 0 Å². The lowest BCUT2D eigenvalue weighted by molar-refractivity contribution is -0.132. The first kappa shape index (κ1) is 19.7. The molecule has 0 unspecified atom stereocenters. The molecule has 0 N–H and O–H groups in total. The Kier molecular flexibility index (Phi) is 5.36. The first-order chi connectivity index (χ1) is 17.5. The number of carbonyl (C=O) groups excluding carboxylic acids is 1. The van der Waals surface area contributed by atoms with Gasteiger partial charge in [0.1, 0.15) is 11.6 Å². The summed E-state index contributed by atoms with van der Waals surface area (Å²) in [7, 11) is 4.10. The standard InChI is InChI=1S/C25H26FN3O5/c1-25(2)22(30)12-18-19(34-25)7-6-15(28-18)11-17-16(26)13-27-23(29-17)10-14-8-20(31-3)24(33-5)21(9-14)32-4/h6-9,13H,10-12H2,1-5H3/i8D,9D,13D. The quantitative estimate of drug-likeness (QED) is 0.518. The van der Waals surface area contributed by atoms with Gasteiger partial charge in [-0.25, -0.2) is 14.4 Å². The van der Waals surface area contributed by atoms with Crippen molar-refractivity contribution in [2.24, 2.45) is 0 Å². The maximum atomic E-state index is 14.9. The molecule has 0 saturated carbocycles. The predicted molar refractivity (Wildman–Crippen MR) is 121 cm³/mol. The summed E-state index contributed by atoms with van der Waals surface area (Å²) >= 11 is 0. The zero-order chi connectivity index (χ0) is 27.1. The Morgan fingerprint density at radius 1 is 1.09 bits per heavy atom. The molecule has 4 rings (SSSR count). The van der Waals surface area contributed by atoms with Gasteiger partial charge in [-0.3, -0.25) is 9.78 Å². The molecule has 3 heterocycles. The highest BCUT2D eigenvalue weighted by Gasteiger charge is 2.36. The van der Waals surface area contributed by atoms with Crippen LogP contribution in [0.5, 0.6) is 23.0 Å². The Morgan fingerprint density at radius 3 is 2.44 bits per heavy atom. The number of fused-ring (bicyclic) bond motifs is 1. The summed E-state index contributed by atoms with van der Waals surface area (Å²) in [6.07, 6.45) is -0.738. The Labute approximate surface area is 201 Å². The van der Waals surface area contributed by atoms with Gasteiger partial charge in [0.15, 0.2) is 28.7 Å². The van der Waals surface area contributed by atoms with Gasteiger partial charge < -0.3 is 18.9 Å². The molecule has 0 radical (unpaired) electrons. The highest BCUT2D eigenvalue weighted by molar-refractivity contribution is 5.90. The summed E-state index contributed by atoms with van der Waals surface area (Å²) in [6.45, 7) is 3.39. The number of benzene rings is 1. The summed E-state index contributed by atoms with van der Waals surface area (Å²) < 4.78 is 61.5. The molecule has 0 spiro atoms. The number of hydrogen-bond donors (Lipinski definition) is 0. The maximum Gasteiger partial charge on any atom is 0.203 e. The normalized spacial score (nSPS) is 15.5. The first-order valence-corrected chi connectivity index (χ1v) is 10.5. The second-order valence-corrected chi connectivity index (χ2v) is 8.15. The minimum atomic E-state index is -0.940. The van der Waals surface area contributed by atoms with Crippen molar-refractivity contribution in [1.29, 1.82) is 0 Å². The van der Waals surface area contributed by atoms with E-state index in [4.69, 9.17) is 23.1 Å². The highest BCUT2D eigenvalue weighted by atomic mass is 19.1. The molecule has 2 aromatic heterocycles. The van der Waals surface area contributed by atoms with Gasteiger partial charge in [0.05, 0.1) is 49.4 Å². The third-order valence-corrected chi connectivity index (χ3v) is 5.39. The van der Waals surface area contributed by atoms with Crippen LogP contribution in [0.4, 0.5) is 4.39 Å². The van der Waals surface area contributed by atoms with E-state index >= 15 is 0 Å². The molecule has 1 aromatic carbocycles. The van der Waals surface area contributed by atoms with Crippen molar-refractivity contribution in [3.63, 3.8) is 0 Å². The maximum absolute atomic E-state index is 14.9. The first-order valence-electron chi connectivity index (χ1n) is 12.0. The van der Waals surface area contributed by atoms with Gasteiger partial charge in [0.2, 0.25) is 5.75 Å². The zero-order valence-corrected chi connectivity index (χ0v) is 19.5. The second-order valence-electron chi connectivity index (χ2n) is 8.15. The highest BCUT2D eigenvalue weighted by Crippen LogP contribution is 2.38. The fourth-order valence-electron chi connectivity index (χ4n) is 3.57. The van der Waals surface area contributed by atoms with Crippen LogP contribution < -0.4 is 18.9 Å². The molecule has 0 fully saturated rings. The van der Waals surface area contributed by atoms with Gasteiger partial charge in [-0.05, 0) is 43.6 Å². The third-order valence-electron chi connectivity index (χ3n) is 5.39. The van der Waals surface area contributed by atoms with E-state index in [1.54, 1.807) is 26.0 Å². The van der Waals surface area contributed by atoms with Crippen molar-refractivity contribution in [3.8, 4) is 23.0 Å². The lowest BCUT2D eigenvalue weighted by Crippen LogP contribution is -2.43. The van der Waals surface area contributed by atoms with Crippen molar-refractivity contribution >= 4 is 5.78 Å². The van der Waals surface area contributed by atoms with Gasteiger partial charge in [0, 0.05) is 18.5 Å². The monoisotopic (exact) mass is 470 g/mol. The fourth-order valence-corrected chi connectivity index (χ4v) is 3.57. The van der Waals surface area contributed by atoms with Gasteiger partial charge in [-0.15, -0.1) is 0 Å². The van der Waals surface area contributed by atoms with E-state index in [9.17, 15) is 9.18 Å². The van der Waals surface area contributed by atoms with E-state index in [1.807, 2.05) is 0 Å². The number of rotatable bonds is 7. The summed E-state index contributed by atoms with van der Waals surface area (Å²) in [5, 5.41) is 0. The zero-order valence-electron chi connectivity index (χ0n) is 22.5. The Morgan fingerprint density at radius 2 is 1.79 bits per heavy atom. The van der Waals surface area contributed by atoms with E-state index in [0.29, 0.717) is 17.1 Å². The van der Waals surface area contributed by atoms with Crippen LogP contribution in [0, 0.1) is 5.82 Å². The molecule has 0 saturated heterocycles.